The van der Waals surface area contributed by atoms with Gasteiger partial charge in [-0.1, -0.05) is 36.8 Å². The number of benzene rings is 2. The molecular formula is C24H26N4O. The molecule has 148 valence electrons. The van der Waals surface area contributed by atoms with E-state index in [4.69, 9.17) is 0 Å². The number of hydrogen-bond donors (Lipinski definition) is 1. The Hall–Kier alpha value is -3.21. The maximum absolute atomic E-state index is 12.5. The zero-order valence-electron chi connectivity index (χ0n) is 16.9. The fourth-order valence-corrected chi connectivity index (χ4v) is 3.55. The van der Waals surface area contributed by atoms with E-state index in [-0.39, 0.29) is 5.91 Å². The molecule has 1 fully saturated rings. The maximum Gasteiger partial charge on any atom is 0.255 e. The van der Waals surface area contributed by atoms with E-state index in [1.807, 2.05) is 67.6 Å². The van der Waals surface area contributed by atoms with Gasteiger partial charge in [0.2, 0.25) is 0 Å². The number of aryl methyl sites for hydroxylation is 1. The van der Waals surface area contributed by atoms with Crippen molar-refractivity contribution in [2.24, 2.45) is 5.92 Å². The summed E-state index contributed by atoms with van der Waals surface area (Å²) >= 11 is 0. The largest absolute Gasteiger partial charge is 0.355 e. The Balaban J connectivity index is 1.47. The van der Waals surface area contributed by atoms with Gasteiger partial charge in [-0.25, -0.2) is 0 Å². The predicted molar refractivity (Wildman–Crippen MR) is 117 cm³/mol. The summed E-state index contributed by atoms with van der Waals surface area (Å²) < 4.78 is 0. The van der Waals surface area contributed by atoms with Crippen molar-refractivity contribution >= 4 is 17.4 Å². The minimum Gasteiger partial charge on any atom is -0.355 e. The Bertz CT molecular complexity index is 975. The molecule has 1 aliphatic rings. The number of nitrogens with one attached hydrogen (secondary N) is 1. The number of amides is 1. The normalized spacial score (nSPS) is 14.6. The van der Waals surface area contributed by atoms with Crippen molar-refractivity contribution in [1.29, 1.82) is 0 Å². The molecule has 5 nitrogen and oxygen atoms in total. The second kappa shape index (κ2) is 8.43. The van der Waals surface area contributed by atoms with Crippen LogP contribution >= 0.6 is 0 Å². The van der Waals surface area contributed by atoms with E-state index in [0.29, 0.717) is 5.56 Å². The van der Waals surface area contributed by atoms with Crippen LogP contribution in [0.3, 0.4) is 0 Å². The lowest BCUT2D eigenvalue weighted by Gasteiger charge is -2.30. The fraction of sp³-hybridized carbons (Fsp3) is 0.292. The first-order valence-electron chi connectivity index (χ1n) is 10.2. The third kappa shape index (κ3) is 4.62. The highest BCUT2D eigenvalue weighted by atomic mass is 16.1. The van der Waals surface area contributed by atoms with Crippen molar-refractivity contribution < 1.29 is 4.79 Å². The Labute approximate surface area is 171 Å². The Morgan fingerprint density at radius 1 is 1.00 bits per heavy atom. The molecule has 0 atom stereocenters. The zero-order chi connectivity index (χ0) is 20.2. The Morgan fingerprint density at radius 2 is 1.76 bits per heavy atom. The number of carbonyl (C=O) groups is 1. The van der Waals surface area contributed by atoms with Crippen molar-refractivity contribution in [3.63, 3.8) is 0 Å². The van der Waals surface area contributed by atoms with Gasteiger partial charge in [0, 0.05) is 29.9 Å². The van der Waals surface area contributed by atoms with E-state index in [0.717, 1.165) is 47.3 Å². The smallest absolute Gasteiger partial charge is 0.255 e. The van der Waals surface area contributed by atoms with Crippen LogP contribution < -0.4 is 10.2 Å². The number of rotatable bonds is 4. The highest BCUT2D eigenvalue weighted by molar-refractivity contribution is 6.04. The molecule has 5 heteroatoms. The molecule has 0 bridgehead atoms. The van der Waals surface area contributed by atoms with Crippen LogP contribution in [-0.4, -0.2) is 29.2 Å². The third-order valence-corrected chi connectivity index (χ3v) is 5.49. The van der Waals surface area contributed by atoms with Crippen LogP contribution in [-0.2, 0) is 0 Å². The van der Waals surface area contributed by atoms with E-state index < -0.39 is 0 Å². The molecule has 1 aromatic heterocycles. The molecular weight excluding hydrogens is 360 g/mol. The van der Waals surface area contributed by atoms with Crippen molar-refractivity contribution in [2.45, 2.75) is 26.7 Å². The molecule has 1 saturated heterocycles. The first kappa shape index (κ1) is 19.1. The number of anilines is 2. The first-order chi connectivity index (χ1) is 14.1. The number of carbonyl (C=O) groups excluding carboxylic acids is 1. The van der Waals surface area contributed by atoms with Crippen LogP contribution in [0.5, 0.6) is 0 Å². The number of hydrogen-bond acceptors (Lipinski definition) is 4. The fourth-order valence-electron chi connectivity index (χ4n) is 3.55. The minimum absolute atomic E-state index is 0.122. The quantitative estimate of drug-likeness (QED) is 0.690. The van der Waals surface area contributed by atoms with Crippen LogP contribution in [0.1, 0.15) is 35.7 Å². The summed E-state index contributed by atoms with van der Waals surface area (Å²) in [5.74, 6) is 1.60. The average molecular weight is 386 g/mol. The van der Waals surface area contributed by atoms with Crippen molar-refractivity contribution in [3.05, 3.63) is 71.8 Å². The van der Waals surface area contributed by atoms with E-state index >= 15 is 0 Å². The Morgan fingerprint density at radius 3 is 2.45 bits per heavy atom. The number of piperidine rings is 1. The summed E-state index contributed by atoms with van der Waals surface area (Å²) in [6.07, 6.45) is 2.40. The molecule has 2 aromatic carbocycles. The van der Waals surface area contributed by atoms with Crippen LogP contribution in [0, 0.1) is 12.8 Å². The van der Waals surface area contributed by atoms with Gasteiger partial charge in [-0.15, -0.1) is 10.2 Å². The van der Waals surface area contributed by atoms with Crippen molar-refractivity contribution in [1.82, 2.24) is 10.2 Å². The van der Waals surface area contributed by atoms with Crippen LogP contribution in [0.4, 0.5) is 11.5 Å². The summed E-state index contributed by atoms with van der Waals surface area (Å²) in [6, 6.07) is 19.3. The van der Waals surface area contributed by atoms with Crippen LogP contribution in [0.2, 0.25) is 0 Å². The van der Waals surface area contributed by atoms with Gasteiger partial charge in [0.05, 0.1) is 5.69 Å². The molecule has 2 heterocycles. The maximum atomic E-state index is 12.5. The van der Waals surface area contributed by atoms with Gasteiger partial charge >= 0.3 is 0 Å². The summed E-state index contributed by atoms with van der Waals surface area (Å²) in [5, 5.41) is 11.8. The molecule has 1 aliphatic heterocycles. The van der Waals surface area contributed by atoms with Gasteiger partial charge in [-0.2, -0.15) is 0 Å². The highest BCUT2D eigenvalue weighted by Crippen LogP contribution is 2.24. The molecule has 1 amide bonds. The van der Waals surface area contributed by atoms with Gasteiger partial charge in [-0.05, 0) is 62.1 Å². The third-order valence-electron chi connectivity index (χ3n) is 5.49. The molecule has 0 unspecified atom stereocenters. The molecule has 0 saturated carbocycles. The molecule has 0 spiro atoms. The van der Waals surface area contributed by atoms with E-state index in [1.165, 1.54) is 12.8 Å². The van der Waals surface area contributed by atoms with Crippen molar-refractivity contribution in [2.75, 3.05) is 23.3 Å². The number of aromatic nitrogens is 2. The lowest BCUT2D eigenvalue weighted by molar-refractivity contribution is 0.102. The first-order valence-corrected chi connectivity index (χ1v) is 10.2. The number of nitrogens with zero attached hydrogens (tertiary/aromatic N) is 3. The van der Waals surface area contributed by atoms with Gasteiger partial charge < -0.3 is 10.2 Å². The summed E-state index contributed by atoms with van der Waals surface area (Å²) in [7, 11) is 0. The van der Waals surface area contributed by atoms with Crippen molar-refractivity contribution in [3.8, 4) is 11.3 Å². The highest BCUT2D eigenvalue weighted by Gasteiger charge is 2.17. The van der Waals surface area contributed by atoms with E-state index in [9.17, 15) is 4.79 Å². The monoisotopic (exact) mass is 386 g/mol. The SMILES string of the molecule is Cc1ccc(C(=O)Nc2cccc(-c3ccc(N4CCC(C)CC4)nn3)c2)cc1. The molecule has 29 heavy (non-hydrogen) atoms. The lowest BCUT2D eigenvalue weighted by atomic mass is 9.99. The van der Waals surface area contributed by atoms with Gasteiger partial charge in [0.25, 0.3) is 5.91 Å². The summed E-state index contributed by atoms with van der Waals surface area (Å²) in [6.45, 7) is 6.38. The molecule has 1 N–H and O–H groups in total. The summed E-state index contributed by atoms with van der Waals surface area (Å²) in [4.78, 5) is 14.8. The standard InChI is InChI=1S/C24H26N4O/c1-17-6-8-19(9-7-17)24(29)25-21-5-3-4-20(16-21)22-10-11-23(27-26-22)28-14-12-18(2)13-15-28/h3-11,16,18H,12-15H2,1-2H3,(H,25,29). The average Bonchev–Trinajstić information content (AvgIpc) is 2.75. The molecule has 0 aliphatic carbocycles. The van der Waals surface area contributed by atoms with Gasteiger partial charge in [-0.3, -0.25) is 4.79 Å². The molecule has 3 aromatic rings. The van der Waals surface area contributed by atoms with Gasteiger partial charge in [0.15, 0.2) is 5.82 Å². The molecule has 0 radical (unpaired) electrons. The second-order valence-corrected chi connectivity index (χ2v) is 7.85. The zero-order valence-corrected chi connectivity index (χ0v) is 16.9. The minimum atomic E-state index is -0.122. The van der Waals surface area contributed by atoms with Gasteiger partial charge in [0.1, 0.15) is 0 Å². The van der Waals surface area contributed by atoms with Crippen LogP contribution in [0.15, 0.2) is 60.7 Å². The topological polar surface area (TPSA) is 58.1 Å². The summed E-state index contributed by atoms with van der Waals surface area (Å²) in [5.41, 5.74) is 4.23. The second-order valence-electron chi connectivity index (χ2n) is 7.85. The predicted octanol–water partition coefficient (Wildman–Crippen LogP) is 4.94. The van der Waals surface area contributed by atoms with E-state index in [2.05, 4.69) is 27.3 Å². The Kier molecular flexibility index (Phi) is 5.56. The van der Waals surface area contributed by atoms with Crippen LogP contribution in [0.25, 0.3) is 11.3 Å². The molecule has 4 rings (SSSR count). The van der Waals surface area contributed by atoms with E-state index in [1.54, 1.807) is 0 Å². The lowest BCUT2D eigenvalue weighted by Crippen LogP contribution is -2.33.